The molecule has 4 heteroatoms. The van der Waals surface area contributed by atoms with E-state index >= 15 is 0 Å². The van der Waals surface area contributed by atoms with E-state index in [2.05, 4.69) is 0 Å². The molecule has 1 fully saturated rings. The van der Waals surface area contributed by atoms with E-state index in [1.807, 2.05) is 6.92 Å². The van der Waals surface area contributed by atoms with Crippen molar-refractivity contribution in [2.24, 2.45) is 17.6 Å². The van der Waals surface area contributed by atoms with E-state index in [9.17, 15) is 4.79 Å². The maximum atomic E-state index is 11.5. The molecule has 0 spiro atoms. The third-order valence-electron chi connectivity index (χ3n) is 2.81. The highest BCUT2D eigenvalue weighted by molar-refractivity contribution is 5.85. The first-order valence-corrected chi connectivity index (χ1v) is 5.16. The van der Waals surface area contributed by atoms with Crippen LogP contribution in [0.4, 0.5) is 0 Å². The molecular formula is C10H20ClNO2. The Morgan fingerprint density at radius 3 is 2.50 bits per heavy atom. The summed E-state index contributed by atoms with van der Waals surface area (Å²) in [4.78, 5) is 11.5. The van der Waals surface area contributed by atoms with Crippen LogP contribution in [0.3, 0.4) is 0 Å². The van der Waals surface area contributed by atoms with Gasteiger partial charge in [0.05, 0.1) is 12.5 Å². The molecule has 1 unspecified atom stereocenters. The molecule has 0 aromatic heterocycles. The van der Waals surface area contributed by atoms with E-state index in [0.717, 1.165) is 12.8 Å². The van der Waals surface area contributed by atoms with E-state index in [0.29, 0.717) is 19.1 Å². The lowest BCUT2D eigenvalue weighted by molar-refractivity contribution is -0.149. The van der Waals surface area contributed by atoms with Crippen LogP contribution < -0.4 is 5.73 Å². The van der Waals surface area contributed by atoms with Crippen LogP contribution >= 0.6 is 12.4 Å². The summed E-state index contributed by atoms with van der Waals surface area (Å²) in [7, 11) is 0. The van der Waals surface area contributed by atoms with Crippen molar-refractivity contribution < 1.29 is 9.53 Å². The summed E-state index contributed by atoms with van der Waals surface area (Å²) in [5.41, 5.74) is 5.58. The topological polar surface area (TPSA) is 52.3 Å². The number of ether oxygens (including phenoxy) is 1. The van der Waals surface area contributed by atoms with Gasteiger partial charge >= 0.3 is 5.97 Å². The highest BCUT2D eigenvalue weighted by Crippen LogP contribution is 2.31. The number of carbonyl (C=O) groups excluding carboxylic acids is 1. The summed E-state index contributed by atoms with van der Waals surface area (Å²) in [5.74, 6) is 0.323. The van der Waals surface area contributed by atoms with Gasteiger partial charge in [-0.05, 0) is 25.7 Å². The van der Waals surface area contributed by atoms with Gasteiger partial charge in [-0.1, -0.05) is 12.8 Å². The molecular weight excluding hydrogens is 202 g/mol. The molecule has 0 bridgehead atoms. The molecule has 1 atom stereocenters. The largest absolute Gasteiger partial charge is 0.466 e. The van der Waals surface area contributed by atoms with Gasteiger partial charge in [-0.3, -0.25) is 4.79 Å². The minimum absolute atomic E-state index is 0. The van der Waals surface area contributed by atoms with Crippen LogP contribution in [0.5, 0.6) is 0 Å². The molecule has 1 aliphatic carbocycles. The average Bonchev–Trinajstić information content (AvgIpc) is 2.59. The van der Waals surface area contributed by atoms with Crippen molar-refractivity contribution >= 4 is 18.4 Å². The zero-order valence-corrected chi connectivity index (χ0v) is 9.52. The summed E-state index contributed by atoms with van der Waals surface area (Å²) < 4.78 is 4.99. The second kappa shape index (κ2) is 7.07. The predicted octanol–water partition coefficient (Wildman–Crippen LogP) is 1.74. The second-order valence-electron chi connectivity index (χ2n) is 3.64. The predicted molar refractivity (Wildman–Crippen MR) is 58.4 cm³/mol. The van der Waals surface area contributed by atoms with E-state index in [-0.39, 0.29) is 24.3 Å². The minimum atomic E-state index is -0.100. The Kier molecular flexibility index (Phi) is 6.93. The lowest BCUT2D eigenvalue weighted by Crippen LogP contribution is -2.31. The number of halogens is 1. The lowest BCUT2D eigenvalue weighted by atomic mass is 9.91. The van der Waals surface area contributed by atoms with E-state index < -0.39 is 0 Å². The van der Waals surface area contributed by atoms with Crippen LogP contribution in [0.25, 0.3) is 0 Å². The standard InChI is InChI=1S/C10H19NO2.ClH/c1-2-13-10(12)9(7-11)8-5-3-4-6-8;/h8-9H,2-7,11H2,1H3;1H. The molecule has 1 aliphatic rings. The van der Waals surface area contributed by atoms with Crippen molar-refractivity contribution in [2.45, 2.75) is 32.6 Å². The molecule has 0 saturated heterocycles. The third kappa shape index (κ3) is 3.46. The number of carbonyl (C=O) groups is 1. The first-order valence-electron chi connectivity index (χ1n) is 5.16. The highest BCUT2D eigenvalue weighted by atomic mass is 35.5. The van der Waals surface area contributed by atoms with Crippen LogP contribution in [0, 0.1) is 11.8 Å². The molecule has 0 aromatic rings. The normalized spacial score (nSPS) is 18.7. The Morgan fingerprint density at radius 2 is 2.07 bits per heavy atom. The Morgan fingerprint density at radius 1 is 1.50 bits per heavy atom. The van der Waals surface area contributed by atoms with E-state index in [4.69, 9.17) is 10.5 Å². The van der Waals surface area contributed by atoms with Crippen LogP contribution in [0.1, 0.15) is 32.6 Å². The van der Waals surface area contributed by atoms with Crippen molar-refractivity contribution in [3.63, 3.8) is 0 Å². The van der Waals surface area contributed by atoms with E-state index in [1.54, 1.807) is 0 Å². The molecule has 0 amide bonds. The number of rotatable bonds is 4. The van der Waals surface area contributed by atoms with Crippen LogP contribution in [0.15, 0.2) is 0 Å². The third-order valence-corrected chi connectivity index (χ3v) is 2.81. The summed E-state index contributed by atoms with van der Waals surface area (Å²) in [5, 5.41) is 0. The average molecular weight is 222 g/mol. The molecule has 0 radical (unpaired) electrons. The van der Waals surface area contributed by atoms with Crippen LogP contribution in [-0.4, -0.2) is 19.1 Å². The molecule has 1 rings (SSSR count). The fraction of sp³-hybridized carbons (Fsp3) is 0.900. The second-order valence-corrected chi connectivity index (χ2v) is 3.64. The lowest BCUT2D eigenvalue weighted by Gasteiger charge is -2.19. The van der Waals surface area contributed by atoms with Gasteiger partial charge in [0.15, 0.2) is 0 Å². The molecule has 3 nitrogen and oxygen atoms in total. The Hall–Kier alpha value is -0.280. The maximum absolute atomic E-state index is 11.5. The number of hydrogen-bond acceptors (Lipinski definition) is 3. The fourth-order valence-electron chi connectivity index (χ4n) is 2.09. The van der Waals surface area contributed by atoms with Gasteiger partial charge in [0.25, 0.3) is 0 Å². The van der Waals surface area contributed by atoms with Gasteiger partial charge in [0.2, 0.25) is 0 Å². The summed E-state index contributed by atoms with van der Waals surface area (Å²) in [6, 6.07) is 0. The smallest absolute Gasteiger partial charge is 0.310 e. The Labute approximate surface area is 91.8 Å². The first-order chi connectivity index (χ1) is 6.29. The zero-order chi connectivity index (χ0) is 9.68. The molecule has 1 saturated carbocycles. The SMILES string of the molecule is CCOC(=O)C(CN)C1CCCC1.Cl. The van der Waals surface area contributed by atoms with Crippen molar-refractivity contribution in [3.05, 3.63) is 0 Å². The van der Waals surface area contributed by atoms with Crippen LogP contribution in [0.2, 0.25) is 0 Å². The number of nitrogens with two attached hydrogens (primary N) is 1. The van der Waals surface area contributed by atoms with E-state index in [1.165, 1.54) is 12.8 Å². The Bertz CT molecular complexity index is 170. The van der Waals surface area contributed by atoms with Gasteiger partial charge in [-0.25, -0.2) is 0 Å². The van der Waals surface area contributed by atoms with Crippen LogP contribution in [-0.2, 0) is 9.53 Å². The monoisotopic (exact) mass is 221 g/mol. The van der Waals surface area contributed by atoms with Gasteiger partial charge < -0.3 is 10.5 Å². The molecule has 0 aliphatic heterocycles. The fourth-order valence-corrected chi connectivity index (χ4v) is 2.09. The van der Waals surface area contributed by atoms with Gasteiger partial charge in [-0.15, -0.1) is 12.4 Å². The highest BCUT2D eigenvalue weighted by Gasteiger charge is 2.30. The molecule has 0 aromatic carbocycles. The van der Waals surface area contributed by atoms with Crippen molar-refractivity contribution in [1.29, 1.82) is 0 Å². The van der Waals surface area contributed by atoms with Crippen molar-refractivity contribution in [3.8, 4) is 0 Å². The molecule has 2 N–H and O–H groups in total. The number of esters is 1. The minimum Gasteiger partial charge on any atom is -0.466 e. The Balaban J connectivity index is 0.00000169. The van der Waals surface area contributed by atoms with Gasteiger partial charge in [0, 0.05) is 6.54 Å². The summed E-state index contributed by atoms with van der Waals surface area (Å²) in [6.45, 7) is 2.73. The number of hydrogen-bond donors (Lipinski definition) is 1. The first kappa shape index (κ1) is 13.7. The van der Waals surface area contributed by atoms with Gasteiger partial charge in [-0.2, -0.15) is 0 Å². The zero-order valence-electron chi connectivity index (χ0n) is 8.70. The van der Waals surface area contributed by atoms with Crippen molar-refractivity contribution in [1.82, 2.24) is 0 Å². The molecule has 14 heavy (non-hydrogen) atoms. The maximum Gasteiger partial charge on any atom is 0.310 e. The summed E-state index contributed by atoms with van der Waals surface area (Å²) in [6.07, 6.45) is 4.75. The van der Waals surface area contributed by atoms with Crippen molar-refractivity contribution in [2.75, 3.05) is 13.2 Å². The summed E-state index contributed by atoms with van der Waals surface area (Å²) >= 11 is 0. The molecule has 0 heterocycles. The van der Waals surface area contributed by atoms with Gasteiger partial charge in [0.1, 0.15) is 0 Å². The molecule has 84 valence electrons. The quantitative estimate of drug-likeness (QED) is 0.736.